The van der Waals surface area contributed by atoms with Gasteiger partial charge in [0.05, 0.1) is 11.0 Å². The van der Waals surface area contributed by atoms with Gasteiger partial charge in [-0.1, -0.05) is 12.1 Å². The normalized spacial score (nSPS) is 22.2. The van der Waals surface area contributed by atoms with Gasteiger partial charge in [-0.15, -0.1) is 0 Å². The van der Waals surface area contributed by atoms with Crippen LogP contribution in [0.25, 0.3) is 0 Å². The standard InChI is InChI=1S/C19H20FNO5S/c1-21(27(22,23)16-6-7-17-19(11-16)26-12-25-17)15-8-9-24-18(10-15)13-2-4-14(20)5-3-13/h2-7,11,15,18H,8-10,12H2,1H3. The molecule has 4 rings (SSSR count). The third kappa shape index (κ3) is 3.52. The van der Waals surface area contributed by atoms with E-state index in [-0.39, 0.29) is 29.7 Å². The fourth-order valence-electron chi connectivity index (χ4n) is 3.42. The zero-order chi connectivity index (χ0) is 19.0. The van der Waals surface area contributed by atoms with E-state index >= 15 is 0 Å². The molecule has 2 heterocycles. The first-order chi connectivity index (χ1) is 12.9. The summed E-state index contributed by atoms with van der Waals surface area (Å²) in [5.41, 5.74) is 0.843. The molecule has 6 nitrogen and oxygen atoms in total. The maximum absolute atomic E-state index is 13.1. The summed E-state index contributed by atoms with van der Waals surface area (Å²) >= 11 is 0. The number of ether oxygens (including phenoxy) is 3. The molecule has 144 valence electrons. The van der Waals surface area contributed by atoms with Crippen LogP contribution in [0.1, 0.15) is 24.5 Å². The Bertz CT molecular complexity index is 932. The van der Waals surface area contributed by atoms with Crippen molar-refractivity contribution >= 4 is 10.0 Å². The first-order valence-corrected chi connectivity index (χ1v) is 10.1. The van der Waals surface area contributed by atoms with Crippen molar-refractivity contribution in [2.45, 2.75) is 29.9 Å². The molecule has 8 heteroatoms. The van der Waals surface area contributed by atoms with Gasteiger partial charge in [-0.2, -0.15) is 4.31 Å². The zero-order valence-electron chi connectivity index (χ0n) is 14.8. The van der Waals surface area contributed by atoms with Crippen LogP contribution < -0.4 is 9.47 Å². The van der Waals surface area contributed by atoms with Crippen molar-refractivity contribution < 1.29 is 27.0 Å². The highest BCUT2D eigenvalue weighted by molar-refractivity contribution is 7.89. The Kier molecular flexibility index (Phi) is 4.79. The lowest BCUT2D eigenvalue weighted by Crippen LogP contribution is -2.41. The summed E-state index contributed by atoms with van der Waals surface area (Å²) in [5, 5.41) is 0. The molecular formula is C19H20FNO5S. The molecule has 0 spiro atoms. The van der Waals surface area contributed by atoms with Crippen molar-refractivity contribution in [2.75, 3.05) is 20.4 Å². The van der Waals surface area contributed by atoms with Crippen LogP contribution in [0.4, 0.5) is 4.39 Å². The lowest BCUT2D eigenvalue weighted by molar-refractivity contribution is -0.0104. The smallest absolute Gasteiger partial charge is 0.243 e. The van der Waals surface area contributed by atoms with Gasteiger partial charge in [-0.25, -0.2) is 12.8 Å². The lowest BCUT2D eigenvalue weighted by atomic mass is 9.97. The molecule has 27 heavy (non-hydrogen) atoms. The largest absolute Gasteiger partial charge is 0.454 e. The van der Waals surface area contributed by atoms with Crippen molar-refractivity contribution in [3.8, 4) is 11.5 Å². The Balaban J connectivity index is 1.54. The Morgan fingerprint density at radius 2 is 1.81 bits per heavy atom. The minimum Gasteiger partial charge on any atom is -0.454 e. The third-order valence-corrected chi connectivity index (χ3v) is 6.94. The first kappa shape index (κ1) is 18.2. The van der Waals surface area contributed by atoms with Gasteiger partial charge in [0.25, 0.3) is 0 Å². The van der Waals surface area contributed by atoms with Gasteiger partial charge in [0.15, 0.2) is 11.5 Å². The Hall–Kier alpha value is -2.16. The van der Waals surface area contributed by atoms with E-state index in [1.54, 1.807) is 25.2 Å². The van der Waals surface area contributed by atoms with E-state index in [0.717, 1.165) is 5.56 Å². The van der Waals surface area contributed by atoms with E-state index in [0.29, 0.717) is 30.9 Å². The number of halogens is 1. The predicted octanol–water partition coefficient (Wildman–Crippen LogP) is 3.10. The highest BCUT2D eigenvalue weighted by Crippen LogP contribution is 2.36. The molecule has 1 saturated heterocycles. The summed E-state index contributed by atoms with van der Waals surface area (Å²) < 4.78 is 57.0. The number of sulfonamides is 1. The van der Waals surface area contributed by atoms with Gasteiger partial charge in [0, 0.05) is 25.8 Å². The Morgan fingerprint density at radius 1 is 1.07 bits per heavy atom. The van der Waals surface area contributed by atoms with Crippen molar-refractivity contribution in [1.29, 1.82) is 0 Å². The number of hydrogen-bond acceptors (Lipinski definition) is 5. The molecule has 0 aliphatic carbocycles. The number of nitrogens with zero attached hydrogens (tertiary/aromatic N) is 1. The van der Waals surface area contributed by atoms with Gasteiger partial charge in [0.1, 0.15) is 5.82 Å². The summed E-state index contributed by atoms with van der Waals surface area (Å²) in [6.45, 7) is 0.529. The Labute approximate surface area is 157 Å². The van der Waals surface area contributed by atoms with Gasteiger partial charge < -0.3 is 14.2 Å². The second kappa shape index (κ2) is 7.10. The topological polar surface area (TPSA) is 65.1 Å². The van der Waals surface area contributed by atoms with Crippen LogP contribution in [0.3, 0.4) is 0 Å². The maximum atomic E-state index is 13.1. The monoisotopic (exact) mass is 393 g/mol. The van der Waals surface area contributed by atoms with E-state index in [4.69, 9.17) is 14.2 Å². The van der Waals surface area contributed by atoms with E-state index in [1.807, 2.05) is 0 Å². The molecule has 0 saturated carbocycles. The van der Waals surface area contributed by atoms with E-state index in [1.165, 1.54) is 28.6 Å². The summed E-state index contributed by atoms with van der Waals surface area (Å²) in [6.07, 6.45) is 0.836. The third-order valence-electron chi connectivity index (χ3n) is 5.03. The van der Waals surface area contributed by atoms with E-state index in [2.05, 4.69) is 0 Å². The molecule has 1 fully saturated rings. The lowest BCUT2D eigenvalue weighted by Gasteiger charge is -2.35. The summed E-state index contributed by atoms with van der Waals surface area (Å²) in [7, 11) is -2.11. The molecule has 0 amide bonds. The van der Waals surface area contributed by atoms with Crippen LogP contribution in [0.2, 0.25) is 0 Å². The second-order valence-electron chi connectivity index (χ2n) is 6.63. The fraction of sp³-hybridized carbons (Fsp3) is 0.368. The van der Waals surface area contributed by atoms with Crippen LogP contribution in [0.15, 0.2) is 47.4 Å². The molecule has 2 aromatic rings. The van der Waals surface area contributed by atoms with Crippen LogP contribution in [-0.2, 0) is 14.8 Å². The highest BCUT2D eigenvalue weighted by Gasteiger charge is 2.34. The number of benzene rings is 2. The van der Waals surface area contributed by atoms with Crippen LogP contribution in [0, 0.1) is 5.82 Å². The molecule has 0 radical (unpaired) electrons. The van der Waals surface area contributed by atoms with E-state index in [9.17, 15) is 12.8 Å². The van der Waals surface area contributed by atoms with Gasteiger partial charge >= 0.3 is 0 Å². The molecule has 2 atom stereocenters. The average molecular weight is 393 g/mol. The first-order valence-electron chi connectivity index (χ1n) is 8.70. The molecule has 2 unspecified atom stereocenters. The summed E-state index contributed by atoms with van der Waals surface area (Å²) in [4.78, 5) is 0.166. The van der Waals surface area contributed by atoms with Crippen LogP contribution in [-0.4, -0.2) is 39.2 Å². The minimum absolute atomic E-state index is 0.0913. The van der Waals surface area contributed by atoms with Crippen molar-refractivity contribution in [2.24, 2.45) is 0 Å². The van der Waals surface area contributed by atoms with Crippen molar-refractivity contribution in [3.63, 3.8) is 0 Å². The molecule has 0 aromatic heterocycles. The van der Waals surface area contributed by atoms with E-state index < -0.39 is 10.0 Å². The fourth-order valence-corrected chi connectivity index (χ4v) is 4.83. The number of hydrogen-bond donors (Lipinski definition) is 0. The molecule has 0 N–H and O–H groups in total. The average Bonchev–Trinajstić information content (AvgIpc) is 3.16. The number of rotatable bonds is 4. The minimum atomic E-state index is -3.69. The Morgan fingerprint density at radius 3 is 2.59 bits per heavy atom. The maximum Gasteiger partial charge on any atom is 0.243 e. The number of fused-ring (bicyclic) bond motifs is 1. The van der Waals surface area contributed by atoms with Gasteiger partial charge in [-0.3, -0.25) is 0 Å². The SMILES string of the molecule is CN(C1CCOC(c2ccc(F)cc2)C1)S(=O)(=O)c1ccc2c(c1)OCO2. The summed E-state index contributed by atoms with van der Waals surface area (Å²) in [6, 6.07) is 10.5. The predicted molar refractivity (Wildman–Crippen MR) is 95.6 cm³/mol. The van der Waals surface area contributed by atoms with Crippen LogP contribution >= 0.6 is 0 Å². The zero-order valence-corrected chi connectivity index (χ0v) is 15.6. The molecule has 2 aromatic carbocycles. The molecule has 0 bridgehead atoms. The van der Waals surface area contributed by atoms with Crippen molar-refractivity contribution in [3.05, 3.63) is 53.8 Å². The molecular weight excluding hydrogens is 373 g/mol. The quantitative estimate of drug-likeness (QED) is 0.799. The van der Waals surface area contributed by atoms with Crippen molar-refractivity contribution in [1.82, 2.24) is 4.31 Å². The molecule has 2 aliphatic rings. The highest BCUT2D eigenvalue weighted by atomic mass is 32.2. The second-order valence-corrected chi connectivity index (χ2v) is 8.62. The van der Waals surface area contributed by atoms with Gasteiger partial charge in [0.2, 0.25) is 16.8 Å². The molecule has 2 aliphatic heterocycles. The van der Waals surface area contributed by atoms with Crippen LogP contribution in [0.5, 0.6) is 11.5 Å². The van der Waals surface area contributed by atoms with Gasteiger partial charge in [-0.05, 0) is 42.7 Å². The summed E-state index contributed by atoms with van der Waals surface area (Å²) in [5.74, 6) is 0.660.